The van der Waals surface area contributed by atoms with Gasteiger partial charge < -0.3 is 30.3 Å². The number of amides is 1. The molecule has 11 heteroatoms. The molecular formula is C48H56ClN3O7. The van der Waals surface area contributed by atoms with Gasteiger partial charge in [0.15, 0.2) is 6.04 Å². The number of hydrogen-bond donors (Lipinski definition) is 4. The van der Waals surface area contributed by atoms with Crippen LogP contribution in [0.1, 0.15) is 112 Å². The fourth-order valence-electron chi connectivity index (χ4n) is 9.93. The second-order valence-electron chi connectivity index (χ2n) is 17.4. The van der Waals surface area contributed by atoms with Crippen LogP contribution in [0.3, 0.4) is 0 Å². The number of ether oxygens (including phenoxy) is 2. The smallest absolute Gasteiger partial charge is 0.330 e. The van der Waals surface area contributed by atoms with Crippen LogP contribution in [0.15, 0.2) is 85.1 Å². The van der Waals surface area contributed by atoms with Crippen LogP contribution in [0, 0.1) is 17.8 Å². The van der Waals surface area contributed by atoms with Crippen molar-refractivity contribution in [3.05, 3.63) is 118 Å². The molecule has 2 unspecified atom stereocenters. The highest BCUT2D eigenvalue weighted by atomic mass is 35.5. The number of pyridine rings is 1. The first kappa shape index (κ1) is 42.0. The standard InChI is InChI=1S/C48H56ClN3O7/c1-30(29-59-41-17-22-50-40-14-7-9-32(3)43(40)41)23-35-25-34-15-16-38(58-28-31(2)24-42(53)51-44(45(54)55)33-10-5-4-6-11-33)27-39(34)47(35)18-20-48(21-19-47,46(56)57)52-37-13-8-12-36(49)26-37/h4-6,8,10-13,15-17,22,26-27,30-32,35,44,52H,7,9,14,18-21,23-25,28-29H2,1-3H3,(H,51,53)(H,54,55)(H,56,57)/t30-,31?,32-,35?,44+,47?,48?/m1/s1. The van der Waals surface area contributed by atoms with E-state index in [2.05, 4.69) is 41.6 Å². The largest absolute Gasteiger partial charge is 0.493 e. The molecule has 59 heavy (non-hydrogen) atoms. The molecular weight excluding hydrogens is 766 g/mol. The van der Waals surface area contributed by atoms with Gasteiger partial charge >= 0.3 is 11.9 Å². The molecule has 0 bridgehead atoms. The van der Waals surface area contributed by atoms with Crippen LogP contribution in [-0.4, -0.2) is 51.8 Å². The third-order valence-corrected chi connectivity index (χ3v) is 13.3. The maximum absolute atomic E-state index is 13.1. The zero-order valence-electron chi connectivity index (χ0n) is 34.2. The number of nitrogens with zero attached hydrogens (tertiary/aromatic N) is 1. The average Bonchev–Trinajstić information content (AvgIpc) is 3.50. The van der Waals surface area contributed by atoms with Gasteiger partial charge in [0, 0.05) is 34.6 Å². The Bertz CT molecular complexity index is 2140. The minimum absolute atomic E-state index is 0.103. The number of carboxylic acids is 2. The fraction of sp³-hybridized carbons (Fsp3) is 0.458. The number of aliphatic carboxylic acids is 2. The SMILES string of the molecule is CC(COc1ccc2c(c1)C1(CCC(Nc3cccc(Cl)c3)(C(=O)O)CC1)C(C[C@@H](C)COc1ccnc3c1[C@H](C)CCC3)C2)CC(=O)N[C@H](C(=O)O)c1ccccc1. The van der Waals surface area contributed by atoms with Gasteiger partial charge in [0.05, 0.1) is 13.2 Å². The van der Waals surface area contributed by atoms with E-state index in [9.17, 15) is 24.6 Å². The molecule has 0 aliphatic heterocycles. The summed E-state index contributed by atoms with van der Waals surface area (Å²) < 4.78 is 12.9. The topological polar surface area (TPSA) is 147 Å². The third kappa shape index (κ3) is 9.38. The van der Waals surface area contributed by atoms with Crippen molar-refractivity contribution >= 4 is 35.1 Å². The fourth-order valence-corrected chi connectivity index (χ4v) is 10.1. The molecule has 0 radical (unpaired) electrons. The summed E-state index contributed by atoms with van der Waals surface area (Å²) in [6, 6.07) is 23.0. The minimum Gasteiger partial charge on any atom is -0.493 e. The second kappa shape index (κ2) is 18.0. The molecule has 1 spiro atoms. The van der Waals surface area contributed by atoms with E-state index in [0.29, 0.717) is 60.2 Å². The first-order chi connectivity index (χ1) is 28.4. The van der Waals surface area contributed by atoms with Gasteiger partial charge in [0.25, 0.3) is 0 Å². The second-order valence-corrected chi connectivity index (χ2v) is 17.8. The Morgan fingerprint density at radius 2 is 1.68 bits per heavy atom. The lowest BCUT2D eigenvalue weighted by molar-refractivity contribution is -0.144. The van der Waals surface area contributed by atoms with Crippen molar-refractivity contribution in [3.63, 3.8) is 0 Å². The number of hydrogen-bond acceptors (Lipinski definition) is 7. The monoisotopic (exact) mass is 821 g/mol. The zero-order valence-corrected chi connectivity index (χ0v) is 35.0. The number of carboxylic acid groups (broad SMARTS) is 2. The molecule has 1 saturated carbocycles. The number of halogens is 1. The molecule has 4 aromatic rings. The van der Waals surface area contributed by atoms with E-state index in [4.69, 9.17) is 21.1 Å². The Morgan fingerprint density at radius 1 is 0.915 bits per heavy atom. The maximum Gasteiger partial charge on any atom is 0.330 e. The molecule has 1 amide bonds. The van der Waals surface area contributed by atoms with E-state index in [1.54, 1.807) is 42.5 Å². The first-order valence-corrected chi connectivity index (χ1v) is 21.4. The van der Waals surface area contributed by atoms with E-state index in [-0.39, 0.29) is 42.1 Å². The lowest BCUT2D eigenvalue weighted by Crippen LogP contribution is -2.53. The highest BCUT2D eigenvalue weighted by Gasteiger charge is 2.54. The summed E-state index contributed by atoms with van der Waals surface area (Å²) in [6.45, 7) is 7.27. The van der Waals surface area contributed by atoms with E-state index in [1.165, 1.54) is 16.7 Å². The summed E-state index contributed by atoms with van der Waals surface area (Å²) in [5.41, 5.74) is 4.66. The molecule has 1 fully saturated rings. The van der Waals surface area contributed by atoms with Gasteiger partial charge in [0.2, 0.25) is 5.91 Å². The van der Waals surface area contributed by atoms with Crippen molar-refractivity contribution in [2.75, 3.05) is 18.5 Å². The van der Waals surface area contributed by atoms with Crippen LogP contribution in [0.2, 0.25) is 5.02 Å². The Morgan fingerprint density at radius 3 is 2.41 bits per heavy atom. The number of anilines is 1. The predicted molar refractivity (Wildman–Crippen MR) is 228 cm³/mol. The summed E-state index contributed by atoms with van der Waals surface area (Å²) >= 11 is 6.30. The number of benzene rings is 3. The highest BCUT2D eigenvalue weighted by Crippen LogP contribution is 2.57. The normalized spacial score (nSPS) is 23.6. The van der Waals surface area contributed by atoms with Crippen molar-refractivity contribution in [2.24, 2.45) is 17.8 Å². The van der Waals surface area contributed by atoms with Gasteiger partial charge in [-0.25, -0.2) is 9.59 Å². The molecule has 4 N–H and O–H groups in total. The van der Waals surface area contributed by atoms with Crippen molar-refractivity contribution in [1.82, 2.24) is 10.3 Å². The molecule has 7 rings (SSSR count). The lowest BCUT2D eigenvalue weighted by Gasteiger charge is -2.47. The average molecular weight is 822 g/mol. The zero-order chi connectivity index (χ0) is 41.7. The van der Waals surface area contributed by atoms with Gasteiger partial charge in [-0.2, -0.15) is 0 Å². The van der Waals surface area contributed by atoms with Crippen LogP contribution < -0.4 is 20.1 Å². The quantitative estimate of drug-likeness (QED) is 0.0868. The summed E-state index contributed by atoms with van der Waals surface area (Å²) in [6.07, 6.45) is 9.28. The number of aromatic nitrogens is 1. The number of fused-ring (bicyclic) bond motifs is 3. The van der Waals surface area contributed by atoms with E-state index in [0.717, 1.165) is 43.5 Å². The number of carbonyl (C=O) groups is 3. The van der Waals surface area contributed by atoms with Crippen LogP contribution in [0.25, 0.3) is 0 Å². The molecule has 3 aliphatic carbocycles. The molecule has 312 valence electrons. The van der Waals surface area contributed by atoms with Crippen LogP contribution in [0.4, 0.5) is 5.69 Å². The number of nitrogens with one attached hydrogen (secondary N) is 2. The van der Waals surface area contributed by atoms with E-state index < -0.39 is 23.5 Å². The van der Waals surface area contributed by atoms with E-state index in [1.807, 2.05) is 37.4 Å². The van der Waals surface area contributed by atoms with Crippen molar-refractivity contribution in [3.8, 4) is 11.5 Å². The summed E-state index contributed by atoms with van der Waals surface area (Å²) in [4.78, 5) is 42.7. The molecule has 3 aliphatic rings. The molecule has 1 aromatic heterocycles. The Labute approximate surface area is 352 Å². The van der Waals surface area contributed by atoms with Crippen molar-refractivity contribution < 1.29 is 34.1 Å². The van der Waals surface area contributed by atoms with Gasteiger partial charge in [-0.1, -0.05) is 74.8 Å². The van der Waals surface area contributed by atoms with Gasteiger partial charge in [-0.15, -0.1) is 0 Å². The van der Waals surface area contributed by atoms with Crippen molar-refractivity contribution in [1.29, 1.82) is 0 Å². The van der Waals surface area contributed by atoms with Gasteiger partial charge in [-0.05, 0) is 140 Å². The summed E-state index contributed by atoms with van der Waals surface area (Å²) in [5.74, 6) is 0.0406. The van der Waals surface area contributed by atoms with Crippen molar-refractivity contribution in [2.45, 2.75) is 108 Å². The lowest BCUT2D eigenvalue weighted by atomic mass is 9.59. The Balaban J connectivity index is 1.07. The van der Waals surface area contributed by atoms with Gasteiger partial charge in [0.1, 0.15) is 17.0 Å². The molecule has 10 nitrogen and oxygen atoms in total. The Kier molecular flexibility index (Phi) is 12.9. The number of carbonyl (C=O) groups excluding carboxylic acids is 1. The number of rotatable bonds is 16. The molecule has 5 atom stereocenters. The maximum atomic E-state index is 13.1. The van der Waals surface area contributed by atoms with E-state index >= 15 is 0 Å². The van der Waals surface area contributed by atoms with Crippen LogP contribution >= 0.6 is 11.6 Å². The van der Waals surface area contributed by atoms with Crippen LogP contribution in [0.5, 0.6) is 11.5 Å². The molecule has 1 heterocycles. The first-order valence-electron chi connectivity index (χ1n) is 21.1. The third-order valence-electron chi connectivity index (χ3n) is 13.0. The van der Waals surface area contributed by atoms with Crippen LogP contribution in [-0.2, 0) is 32.6 Å². The summed E-state index contributed by atoms with van der Waals surface area (Å²) in [5, 5.41) is 27.1. The summed E-state index contributed by atoms with van der Waals surface area (Å²) in [7, 11) is 0. The minimum atomic E-state index is -1.14. The highest BCUT2D eigenvalue weighted by molar-refractivity contribution is 6.30. The molecule has 0 saturated heterocycles. The van der Waals surface area contributed by atoms with Gasteiger partial charge in [-0.3, -0.25) is 9.78 Å². The predicted octanol–water partition coefficient (Wildman–Crippen LogP) is 9.55. The number of aryl methyl sites for hydroxylation is 1. The molecule has 3 aromatic carbocycles. The Hall–Kier alpha value is -5.09.